The number of anilines is 1. The molecule has 1 heterocycles. The molecule has 1 aromatic rings. The van der Waals surface area contributed by atoms with Crippen LogP contribution in [0, 0.1) is 5.92 Å². The molecule has 1 aromatic carbocycles. The second-order valence-electron chi connectivity index (χ2n) is 11.6. The number of halogens is 6. The largest absolute Gasteiger partial charge is 0.490 e. The number of carbonyl (C=O) groups is 3. The minimum absolute atomic E-state index is 0.00692. The van der Waals surface area contributed by atoms with Gasteiger partial charge in [0.2, 0.25) is 11.8 Å². The highest BCUT2D eigenvalue weighted by Gasteiger charge is 2.33. The van der Waals surface area contributed by atoms with Crippen LogP contribution in [0.25, 0.3) is 0 Å². The molecule has 2 N–H and O–H groups in total. The molecular weight excluding hydrogens is 612 g/mol. The maximum absolute atomic E-state index is 14.0. The number of hydrogen-bond acceptors (Lipinski definition) is 6. The molecule has 0 fully saturated rings. The first-order valence-electron chi connectivity index (χ1n) is 14.9. The number of hydrogen-bond donors (Lipinski definition) is 2. The van der Waals surface area contributed by atoms with Gasteiger partial charge >= 0.3 is 12.4 Å². The molecule has 9 nitrogen and oxygen atoms in total. The van der Waals surface area contributed by atoms with E-state index in [0.29, 0.717) is 25.9 Å². The van der Waals surface area contributed by atoms with E-state index in [1.165, 1.54) is 35.0 Å². The average molecular weight is 656 g/mol. The Hall–Kier alpha value is -3.07. The Morgan fingerprint density at radius 1 is 1.09 bits per heavy atom. The number of rotatable bonds is 9. The summed E-state index contributed by atoms with van der Waals surface area (Å²) in [5, 5.41) is 12.4. The van der Waals surface area contributed by atoms with Gasteiger partial charge in [-0.1, -0.05) is 6.92 Å². The van der Waals surface area contributed by atoms with E-state index in [1.807, 2.05) is 0 Å². The molecule has 256 valence electrons. The summed E-state index contributed by atoms with van der Waals surface area (Å²) in [6.45, 7) is 5.00. The lowest BCUT2D eigenvalue weighted by atomic mass is 10.0. The van der Waals surface area contributed by atoms with E-state index in [0.717, 1.165) is 0 Å². The number of aliphatic hydroxyl groups is 1. The van der Waals surface area contributed by atoms with Gasteiger partial charge in [-0.05, 0) is 51.3 Å². The third kappa shape index (κ3) is 13.4. The highest BCUT2D eigenvalue weighted by molar-refractivity contribution is 5.99. The normalized spacial score (nSPS) is 21.3. The van der Waals surface area contributed by atoms with Crippen LogP contribution in [0.1, 0.15) is 76.1 Å². The Kier molecular flexibility index (Phi) is 14.4. The van der Waals surface area contributed by atoms with Crippen molar-refractivity contribution in [2.75, 3.05) is 38.7 Å². The highest BCUT2D eigenvalue weighted by atomic mass is 19.4. The van der Waals surface area contributed by atoms with Gasteiger partial charge in [0.25, 0.3) is 5.91 Å². The molecule has 4 atom stereocenters. The maximum Gasteiger partial charge on any atom is 0.389 e. The Morgan fingerprint density at radius 2 is 1.73 bits per heavy atom. The number of ether oxygens (including phenoxy) is 2. The van der Waals surface area contributed by atoms with E-state index in [9.17, 15) is 45.8 Å². The molecule has 0 aromatic heterocycles. The Morgan fingerprint density at radius 3 is 2.36 bits per heavy atom. The zero-order chi connectivity index (χ0) is 33.9. The summed E-state index contributed by atoms with van der Waals surface area (Å²) in [6, 6.07) is 3.46. The number of aliphatic hydroxyl groups excluding tert-OH is 1. The fourth-order valence-electron chi connectivity index (χ4n) is 4.75. The fourth-order valence-corrected chi connectivity index (χ4v) is 4.75. The van der Waals surface area contributed by atoms with Gasteiger partial charge in [0, 0.05) is 51.2 Å². The number of carbonyl (C=O) groups excluding carboxylic acids is 3. The standard InChI is InChI=1S/C30H43F6N3O6/c1-19-16-39(20(2)18-40)28(43)23-15-22(37-26(41)10-12-29(31,32)33)8-9-24(23)45-21(3)7-5-6-14-44-25(19)17-38(4)27(42)11-13-30(34,35)36/h8-9,15,19-21,25,40H,5-7,10-14,16-18H2,1-4H3,(H,37,41)/t19-,20-,21+,25+/m0/s1. The third-order valence-corrected chi connectivity index (χ3v) is 7.47. The molecule has 0 spiro atoms. The number of benzene rings is 1. The van der Waals surface area contributed by atoms with E-state index in [4.69, 9.17) is 9.47 Å². The van der Waals surface area contributed by atoms with Gasteiger partial charge in [-0.25, -0.2) is 0 Å². The minimum Gasteiger partial charge on any atom is -0.490 e. The summed E-state index contributed by atoms with van der Waals surface area (Å²) in [5.41, 5.74) is 0.0912. The second-order valence-corrected chi connectivity index (χ2v) is 11.6. The summed E-state index contributed by atoms with van der Waals surface area (Å²) in [5.74, 6) is -2.47. The van der Waals surface area contributed by atoms with Crippen LogP contribution in [-0.4, -0.2) is 96.6 Å². The summed E-state index contributed by atoms with van der Waals surface area (Å²) in [6.07, 6.45) is -12.2. The van der Waals surface area contributed by atoms with Crippen LogP contribution < -0.4 is 10.1 Å². The van der Waals surface area contributed by atoms with Crippen LogP contribution in [0.5, 0.6) is 5.75 Å². The van der Waals surface area contributed by atoms with Gasteiger partial charge in [0.15, 0.2) is 0 Å². The van der Waals surface area contributed by atoms with Crippen LogP contribution in [0.3, 0.4) is 0 Å². The van der Waals surface area contributed by atoms with Gasteiger partial charge in [0.1, 0.15) is 5.75 Å². The first-order chi connectivity index (χ1) is 20.9. The molecule has 3 amide bonds. The number of amides is 3. The van der Waals surface area contributed by atoms with Gasteiger partial charge in [-0.3, -0.25) is 14.4 Å². The summed E-state index contributed by atoms with van der Waals surface area (Å²) < 4.78 is 88.0. The van der Waals surface area contributed by atoms with Gasteiger partial charge in [0.05, 0.1) is 43.3 Å². The van der Waals surface area contributed by atoms with Crippen molar-refractivity contribution in [1.29, 1.82) is 0 Å². The molecule has 0 bridgehead atoms. The summed E-state index contributed by atoms with van der Waals surface area (Å²) in [4.78, 5) is 41.2. The van der Waals surface area contributed by atoms with Gasteiger partial charge in [-0.15, -0.1) is 0 Å². The lowest BCUT2D eigenvalue weighted by Crippen LogP contribution is -2.48. The van der Waals surface area contributed by atoms with Crippen molar-refractivity contribution in [3.63, 3.8) is 0 Å². The topological polar surface area (TPSA) is 108 Å². The molecule has 0 radical (unpaired) electrons. The first-order valence-corrected chi connectivity index (χ1v) is 14.9. The molecular formula is C30H43F6N3O6. The van der Waals surface area contributed by atoms with Crippen molar-refractivity contribution in [1.82, 2.24) is 9.80 Å². The van der Waals surface area contributed by atoms with Crippen molar-refractivity contribution >= 4 is 23.4 Å². The molecule has 45 heavy (non-hydrogen) atoms. The lowest BCUT2D eigenvalue weighted by Gasteiger charge is -2.36. The maximum atomic E-state index is 14.0. The molecule has 15 heteroatoms. The molecule has 0 aliphatic carbocycles. The molecule has 2 rings (SSSR count). The number of nitrogens with one attached hydrogen (secondary N) is 1. The van der Waals surface area contributed by atoms with E-state index < -0.39 is 80.4 Å². The number of likely N-dealkylation sites (N-methyl/N-ethyl adjacent to an activating group) is 1. The second kappa shape index (κ2) is 17.0. The number of nitrogens with zero attached hydrogens (tertiary/aromatic N) is 2. The van der Waals surface area contributed by atoms with Crippen LogP contribution in [0.4, 0.5) is 32.0 Å². The number of alkyl halides is 6. The molecule has 0 unspecified atom stereocenters. The molecule has 1 aliphatic heterocycles. The first kappa shape index (κ1) is 38.1. The van der Waals surface area contributed by atoms with Gasteiger partial charge in [-0.2, -0.15) is 26.3 Å². The Balaban J connectivity index is 2.39. The molecule has 1 aliphatic rings. The SMILES string of the molecule is C[C@@H]1CCCCO[C@H](CN(C)C(=O)CCC(F)(F)F)[C@@H](C)CN([C@@H](C)CO)C(=O)c2cc(NC(=O)CCC(F)(F)F)ccc2O1. The van der Waals surface area contributed by atoms with E-state index in [1.54, 1.807) is 20.8 Å². The van der Waals surface area contributed by atoms with Crippen molar-refractivity contribution in [2.24, 2.45) is 5.92 Å². The van der Waals surface area contributed by atoms with E-state index in [-0.39, 0.29) is 36.2 Å². The van der Waals surface area contributed by atoms with Crippen molar-refractivity contribution in [3.05, 3.63) is 23.8 Å². The van der Waals surface area contributed by atoms with Crippen LogP contribution in [-0.2, 0) is 14.3 Å². The molecule has 0 saturated carbocycles. The van der Waals surface area contributed by atoms with Gasteiger partial charge < -0.3 is 29.7 Å². The lowest BCUT2D eigenvalue weighted by molar-refractivity contribution is -0.149. The predicted octanol–water partition coefficient (Wildman–Crippen LogP) is 5.56. The zero-order valence-corrected chi connectivity index (χ0v) is 26.0. The minimum atomic E-state index is -4.51. The number of fused-ring (bicyclic) bond motifs is 1. The van der Waals surface area contributed by atoms with Crippen LogP contribution in [0.15, 0.2) is 18.2 Å². The highest BCUT2D eigenvalue weighted by Crippen LogP contribution is 2.29. The monoisotopic (exact) mass is 655 g/mol. The Bertz CT molecular complexity index is 1130. The smallest absolute Gasteiger partial charge is 0.389 e. The summed E-state index contributed by atoms with van der Waals surface area (Å²) in [7, 11) is 1.39. The summed E-state index contributed by atoms with van der Waals surface area (Å²) >= 11 is 0. The molecule has 0 saturated heterocycles. The van der Waals surface area contributed by atoms with Crippen molar-refractivity contribution in [2.45, 2.75) is 96.3 Å². The quantitative estimate of drug-likeness (QED) is 0.337. The van der Waals surface area contributed by atoms with Crippen LogP contribution in [0.2, 0.25) is 0 Å². The average Bonchev–Trinajstić information content (AvgIpc) is 2.95. The predicted molar refractivity (Wildman–Crippen MR) is 154 cm³/mol. The van der Waals surface area contributed by atoms with E-state index in [2.05, 4.69) is 5.32 Å². The third-order valence-electron chi connectivity index (χ3n) is 7.47. The Labute approximate surface area is 259 Å². The fraction of sp³-hybridized carbons (Fsp3) is 0.700. The zero-order valence-electron chi connectivity index (χ0n) is 26.0. The van der Waals surface area contributed by atoms with Crippen LogP contribution >= 0.6 is 0 Å². The van der Waals surface area contributed by atoms with Crippen molar-refractivity contribution in [3.8, 4) is 5.75 Å². The van der Waals surface area contributed by atoms with E-state index >= 15 is 0 Å². The van der Waals surface area contributed by atoms with Crippen molar-refractivity contribution < 1.29 is 55.3 Å².